The molecule has 19 heavy (non-hydrogen) atoms. The Morgan fingerprint density at radius 3 is 2.26 bits per heavy atom. The first kappa shape index (κ1) is 13.8. The molecule has 5 heteroatoms. The highest BCUT2D eigenvalue weighted by atomic mass is 32.2. The molecule has 0 amide bonds. The van der Waals surface area contributed by atoms with Crippen LogP contribution in [0.5, 0.6) is 0 Å². The number of rotatable bonds is 6. The van der Waals surface area contributed by atoms with Gasteiger partial charge in [-0.3, -0.25) is 0 Å². The van der Waals surface area contributed by atoms with E-state index in [1.54, 1.807) is 0 Å². The predicted octanol–water partition coefficient (Wildman–Crippen LogP) is 1.72. The molecule has 0 radical (unpaired) electrons. The SMILES string of the molecule is CCCN(C1CC2CCC(C1)N2)S(=O)(=O)CC1CC1. The van der Waals surface area contributed by atoms with Gasteiger partial charge in [0.2, 0.25) is 10.0 Å². The smallest absolute Gasteiger partial charge is 0.214 e. The van der Waals surface area contributed by atoms with Crippen LogP contribution in [0.1, 0.15) is 51.9 Å². The molecule has 1 N–H and O–H groups in total. The molecule has 2 heterocycles. The van der Waals surface area contributed by atoms with Crippen LogP contribution in [0.3, 0.4) is 0 Å². The second-order valence-electron chi connectivity index (χ2n) is 6.60. The van der Waals surface area contributed by atoms with E-state index in [4.69, 9.17) is 0 Å². The summed E-state index contributed by atoms with van der Waals surface area (Å²) in [4.78, 5) is 0. The predicted molar refractivity (Wildman–Crippen MR) is 76.5 cm³/mol. The Balaban J connectivity index is 1.72. The van der Waals surface area contributed by atoms with E-state index in [2.05, 4.69) is 12.2 Å². The minimum atomic E-state index is -3.03. The summed E-state index contributed by atoms with van der Waals surface area (Å²) in [5.41, 5.74) is 0. The summed E-state index contributed by atoms with van der Waals surface area (Å²) in [6, 6.07) is 1.36. The van der Waals surface area contributed by atoms with Crippen LogP contribution in [-0.4, -0.2) is 43.1 Å². The Labute approximate surface area is 117 Å². The molecule has 3 rings (SSSR count). The van der Waals surface area contributed by atoms with Crippen molar-refractivity contribution in [2.24, 2.45) is 5.92 Å². The third-order valence-corrected chi connectivity index (χ3v) is 6.89. The maximum atomic E-state index is 12.6. The van der Waals surface area contributed by atoms with Crippen molar-refractivity contribution in [1.82, 2.24) is 9.62 Å². The maximum absolute atomic E-state index is 12.6. The average Bonchev–Trinajstić information content (AvgIpc) is 3.09. The zero-order chi connectivity index (χ0) is 13.5. The van der Waals surface area contributed by atoms with Gasteiger partial charge in [0.05, 0.1) is 5.75 Å². The molecule has 3 aliphatic rings. The van der Waals surface area contributed by atoms with Crippen LogP contribution in [-0.2, 0) is 10.0 Å². The standard InChI is InChI=1S/C14H26N2O2S/c1-2-7-16(19(17,18)10-11-3-4-11)14-8-12-5-6-13(9-14)15-12/h11-15H,2-10H2,1H3. The van der Waals surface area contributed by atoms with Gasteiger partial charge in [0.1, 0.15) is 0 Å². The van der Waals surface area contributed by atoms with Gasteiger partial charge in [0.15, 0.2) is 0 Å². The monoisotopic (exact) mass is 286 g/mol. The lowest BCUT2D eigenvalue weighted by Gasteiger charge is -2.37. The van der Waals surface area contributed by atoms with Gasteiger partial charge in [-0.05, 0) is 50.9 Å². The van der Waals surface area contributed by atoms with Crippen molar-refractivity contribution in [3.8, 4) is 0 Å². The van der Waals surface area contributed by atoms with E-state index >= 15 is 0 Å². The Morgan fingerprint density at radius 2 is 1.74 bits per heavy atom. The molecular formula is C14H26N2O2S. The third-order valence-electron chi connectivity index (χ3n) is 4.80. The Hall–Kier alpha value is -0.130. The summed E-state index contributed by atoms with van der Waals surface area (Å²) in [5, 5.41) is 3.60. The number of nitrogens with one attached hydrogen (secondary N) is 1. The number of hydrogen-bond acceptors (Lipinski definition) is 3. The summed E-state index contributed by atoms with van der Waals surface area (Å²) in [6.45, 7) is 2.79. The molecule has 2 aliphatic heterocycles. The van der Waals surface area contributed by atoms with Crippen molar-refractivity contribution in [2.75, 3.05) is 12.3 Å². The van der Waals surface area contributed by atoms with Gasteiger partial charge in [-0.2, -0.15) is 4.31 Å². The van der Waals surface area contributed by atoms with E-state index in [0.29, 0.717) is 30.3 Å². The van der Waals surface area contributed by atoms with Crippen molar-refractivity contribution in [3.63, 3.8) is 0 Å². The summed E-state index contributed by atoms with van der Waals surface area (Å²) >= 11 is 0. The first-order valence-corrected chi connectivity index (χ1v) is 9.45. The average molecular weight is 286 g/mol. The Morgan fingerprint density at radius 1 is 1.11 bits per heavy atom. The molecule has 3 fully saturated rings. The van der Waals surface area contributed by atoms with Crippen LogP contribution in [0, 0.1) is 5.92 Å². The van der Waals surface area contributed by atoms with Crippen LogP contribution >= 0.6 is 0 Å². The van der Waals surface area contributed by atoms with Crippen molar-refractivity contribution >= 4 is 10.0 Å². The van der Waals surface area contributed by atoms with Gasteiger partial charge < -0.3 is 5.32 Å². The minimum Gasteiger partial charge on any atom is -0.311 e. The lowest BCUT2D eigenvalue weighted by molar-refractivity contribution is 0.226. The van der Waals surface area contributed by atoms with Crippen molar-refractivity contribution in [2.45, 2.75) is 70.0 Å². The number of nitrogens with zero attached hydrogens (tertiary/aromatic N) is 1. The fourth-order valence-corrected chi connectivity index (χ4v) is 5.92. The molecule has 2 atom stereocenters. The van der Waals surface area contributed by atoms with Crippen LogP contribution in [0.25, 0.3) is 0 Å². The number of fused-ring (bicyclic) bond motifs is 2. The zero-order valence-corrected chi connectivity index (χ0v) is 12.7. The van der Waals surface area contributed by atoms with E-state index in [0.717, 1.165) is 32.1 Å². The zero-order valence-electron chi connectivity index (χ0n) is 11.8. The molecule has 0 aromatic carbocycles. The summed E-state index contributed by atoms with van der Waals surface area (Å²) in [5.74, 6) is 0.842. The van der Waals surface area contributed by atoms with Gasteiger partial charge in [0.25, 0.3) is 0 Å². The Kier molecular flexibility index (Phi) is 3.89. The van der Waals surface area contributed by atoms with Gasteiger partial charge in [0, 0.05) is 24.7 Å². The molecule has 2 saturated heterocycles. The molecule has 110 valence electrons. The second-order valence-corrected chi connectivity index (χ2v) is 8.56. The van der Waals surface area contributed by atoms with Crippen LogP contribution < -0.4 is 5.32 Å². The van der Waals surface area contributed by atoms with Crippen LogP contribution in [0.2, 0.25) is 0 Å². The normalized spacial score (nSPS) is 34.9. The van der Waals surface area contributed by atoms with Crippen molar-refractivity contribution in [1.29, 1.82) is 0 Å². The topological polar surface area (TPSA) is 49.4 Å². The van der Waals surface area contributed by atoms with Gasteiger partial charge in [-0.15, -0.1) is 0 Å². The van der Waals surface area contributed by atoms with E-state index < -0.39 is 10.0 Å². The largest absolute Gasteiger partial charge is 0.311 e. The number of hydrogen-bond donors (Lipinski definition) is 1. The molecule has 4 nitrogen and oxygen atoms in total. The highest BCUT2D eigenvalue weighted by Gasteiger charge is 2.41. The van der Waals surface area contributed by atoms with Gasteiger partial charge >= 0.3 is 0 Å². The molecule has 0 aromatic heterocycles. The van der Waals surface area contributed by atoms with Crippen molar-refractivity contribution < 1.29 is 8.42 Å². The van der Waals surface area contributed by atoms with Crippen LogP contribution in [0.15, 0.2) is 0 Å². The summed E-state index contributed by atoms with van der Waals surface area (Å²) in [6.07, 6.45) is 7.62. The summed E-state index contributed by atoms with van der Waals surface area (Å²) < 4.78 is 27.1. The lowest BCUT2D eigenvalue weighted by Crippen LogP contribution is -2.51. The molecule has 0 aromatic rings. The van der Waals surface area contributed by atoms with E-state index in [-0.39, 0.29) is 6.04 Å². The first-order chi connectivity index (χ1) is 9.08. The molecule has 1 aliphatic carbocycles. The van der Waals surface area contributed by atoms with Gasteiger partial charge in [-0.25, -0.2) is 8.42 Å². The fourth-order valence-electron chi connectivity index (χ4n) is 3.71. The number of piperidine rings is 1. The summed E-state index contributed by atoms with van der Waals surface area (Å²) in [7, 11) is -3.03. The molecular weight excluding hydrogens is 260 g/mol. The highest BCUT2D eigenvalue weighted by molar-refractivity contribution is 7.89. The van der Waals surface area contributed by atoms with Crippen molar-refractivity contribution in [3.05, 3.63) is 0 Å². The lowest BCUT2D eigenvalue weighted by atomic mass is 10.00. The van der Waals surface area contributed by atoms with E-state index in [1.165, 1.54) is 12.8 Å². The first-order valence-electron chi connectivity index (χ1n) is 7.84. The maximum Gasteiger partial charge on any atom is 0.214 e. The molecule has 0 spiro atoms. The Bertz CT molecular complexity index is 407. The minimum absolute atomic E-state index is 0.252. The van der Waals surface area contributed by atoms with E-state index in [1.807, 2.05) is 4.31 Å². The molecule has 2 unspecified atom stereocenters. The van der Waals surface area contributed by atoms with Gasteiger partial charge in [-0.1, -0.05) is 6.92 Å². The molecule has 2 bridgehead atoms. The van der Waals surface area contributed by atoms with E-state index in [9.17, 15) is 8.42 Å². The third kappa shape index (κ3) is 3.14. The number of sulfonamides is 1. The highest BCUT2D eigenvalue weighted by Crippen LogP contribution is 2.35. The fraction of sp³-hybridized carbons (Fsp3) is 1.00. The second kappa shape index (κ2) is 5.34. The van der Waals surface area contributed by atoms with Crippen LogP contribution in [0.4, 0.5) is 0 Å². The quantitative estimate of drug-likeness (QED) is 0.809. The molecule has 1 saturated carbocycles.